The average molecular weight is 280 g/mol. The van der Waals surface area contributed by atoms with Gasteiger partial charge in [0, 0.05) is 30.5 Å². The molecule has 4 nitrogen and oxygen atoms in total. The highest BCUT2D eigenvalue weighted by molar-refractivity contribution is 5.95. The number of aryl methyl sites for hydroxylation is 1. The minimum atomic E-state index is -0.880. The van der Waals surface area contributed by atoms with Gasteiger partial charge in [-0.3, -0.25) is 4.79 Å². The van der Waals surface area contributed by atoms with Gasteiger partial charge in [0.05, 0.1) is 11.2 Å². The molecule has 0 saturated heterocycles. The normalized spacial score (nSPS) is 12.1. The van der Waals surface area contributed by atoms with Gasteiger partial charge in [0.1, 0.15) is 0 Å². The highest BCUT2D eigenvalue weighted by Gasteiger charge is 2.25. The van der Waals surface area contributed by atoms with E-state index in [2.05, 4.69) is 18.4 Å². The molecular weight excluding hydrogens is 252 g/mol. The minimum absolute atomic E-state index is 0.00498. The third-order valence-corrected chi connectivity index (χ3v) is 3.48. The van der Waals surface area contributed by atoms with Crippen LogP contribution in [0.25, 0.3) is 0 Å². The second kappa shape index (κ2) is 6.00. The van der Waals surface area contributed by atoms with Crippen molar-refractivity contribution in [3.8, 4) is 0 Å². The van der Waals surface area contributed by atoms with Gasteiger partial charge in [-0.1, -0.05) is 0 Å². The molecule has 1 aromatic heterocycles. The van der Waals surface area contributed by atoms with Gasteiger partial charge in [-0.15, -0.1) is 0 Å². The standard InChI is InChI=1S/C16H28N2O2/c1-8-17(10-16(6,7)20)15(19)14-9-12(4)18(11(2)3)13(14)5/h9,11,20H,8,10H2,1-7H3. The Labute approximate surface area is 122 Å². The first-order valence-corrected chi connectivity index (χ1v) is 7.28. The van der Waals surface area contributed by atoms with Crippen molar-refractivity contribution in [2.24, 2.45) is 0 Å². The Morgan fingerprint density at radius 2 is 1.95 bits per heavy atom. The van der Waals surface area contributed by atoms with E-state index in [1.807, 2.05) is 26.8 Å². The monoisotopic (exact) mass is 280 g/mol. The molecule has 1 aromatic rings. The number of hydrogen-bond acceptors (Lipinski definition) is 2. The molecule has 0 aromatic carbocycles. The fourth-order valence-electron chi connectivity index (χ4n) is 2.75. The fourth-order valence-corrected chi connectivity index (χ4v) is 2.75. The number of rotatable bonds is 5. The molecule has 0 aliphatic rings. The maximum Gasteiger partial charge on any atom is 0.255 e. The van der Waals surface area contributed by atoms with Crippen molar-refractivity contribution in [1.29, 1.82) is 0 Å². The molecular formula is C16H28N2O2. The van der Waals surface area contributed by atoms with Crippen LogP contribution in [0.15, 0.2) is 6.07 Å². The van der Waals surface area contributed by atoms with Gasteiger partial charge in [0.25, 0.3) is 5.91 Å². The van der Waals surface area contributed by atoms with E-state index in [1.54, 1.807) is 18.7 Å². The Morgan fingerprint density at radius 1 is 1.40 bits per heavy atom. The molecule has 0 aliphatic carbocycles. The number of amides is 1. The summed E-state index contributed by atoms with van der Waals surface area (Å²) in [6, 6.07) is 2.28. The summed E-state index contributed by atoms with van der Waals surface area (Å²) in [5.74, 6) is -0.00498. The Bertz CT molecular complexity index is 481. The summed E-state index contributed by atoms with van der Waals surface area (Å²) in [5.41, 5.74) is 1.95. The quantitative estimate of drug-likeness (QED) is 0.901. The van der Waals surface area contributed by atoms with Gasteiger partial charge in [0.15, 0.2) is 0 Å². The summed E-state index contributed by atoms with van der Waals surface area (Å²) < 4.78 is 2.17. The molecule has 1 heterocycles. The van der Waals surface area contributed by atoms with Crippen LogP contribution < -0.4 is 0 Å². The Balaban J connectivity index is 3.11. The van der Waals surface area contributed by atoms with Crippen LogP contribution in [0.5, 0.6) is 0 Å². The van der Waals surface area contributed by atoms with Crippen molar-refractivity contribution in [2.45, 2.75) is 60.1 Å². The zero-order valence-corrected chi connectivity index (χ0v) is 13.8. The van der Waals surface area contributed by atoms with Crippen LogP contribution in [0, 0.1) is 13.8 Å². The van der Waals surface area contributed by atoms with E-state index in [4.69, 9.17) is 0 Å². The molecule has 0 bridgehead atoms. The van der Waals surface area contributed by atoms with Gasteiger partial charge in [-0.2, -0.15) is 0 Å². The van der Waals surface area contributed by atoms with Crippen LogP contribution in [-0.4, -0.2) is 39.2 Å². The summed E-state index contributed by atoms with van der Waals surface area (Å²) in [6.45, 7) is 14.5. The molecule has 114 valence electrons. The molecule has 0 radical (unpaired) electrons. The van der Waals surface area contributed by atoms with Crippen molar-refractivity contribution in [1.82, 2.24) is 9.47 Å². The van der Waals surface area contributed by atoms with Gasteiger partial charge >= 0.3 is 0 Å². The summed E-state index contributed by atoms with van der Waals surface area (Å²) >= 11 is 0. The van der Waals surface area contributed by atoms with Gasteiger partial charge in [-0.05, 0) is 54.5 Å². The second-order valence-corrected chi connectivity index (χ2v) is 6.38. The van der Waals surface area contributed by atoms with Crippen LogP contribution in [0.4, 0.5) is 0 Å². The van der Waals surface area contributed by atoms with E-state index in [0.717, 1.165) is 17.0 Å². The number of aromatic nitrogens is 1. The Morgan fingerprint density at radius 3 is 2.30 bits per heavy atom. The maximum atomic E-state index is 12.7. The van der Waals surface area contributed by atoms with Gasteiger partial charge in [-0.25, -0.2) is 0 Å². The van der Waals surface area contributed by atoms with Crippen molar-refractivity contribution in [3.63, 3.8) is 0 Å². The lowest BCUT2D eigenvalue weighted by molar-refractivity contribution is 0.0314. The minimum Gasteiger partial charge on any atom is -0.389 e. The number of hydrogen-bond donors (Lipinski definition) is 1. The average Bonchev–Trinajstić information content (AvgIpc) is 2.59. The number of aliphatic hydroxyl groups is 1. The molecule has 0 unspecified atom stereocenters. The Kier molecular flexibility index (Phi) is 5.03. The van der Waals surface area contributed by atoms with Crippen LogP contribution in [0.3, 0.4) is 0 Å². The number of likely N-dealkylation sites (N-methyl/N-ethyl adjacent to an activating group) is 1. The topological polar surface area (TPSA) is 45.5 Å². The smallest absolute Gasteiger partial charge is 0.255 e. The van der Waals surface area contributed by atoms with E-state index in [0.29, 0.717) is 19.1 Å². The third kappa shape index (κ3) is 3.63. The first kappa shape index (κ1) is 16.8. The second-order valence-electron chi connectivity index (χ2n) is 6.38. The lowest BCUT2D eigenvalue weighted by Crippen LogP contribution is -2.42. The van der Waals surface area contributed by atoms with Crippen molar-refractivity contribution in [2.75, 3.05) is 13.1 Å². The molecule has 0 fully saturated rings. The van der Waals surface area contributed by atoms with Crippen molar-refractivity contribution < 1.29 is 9.90 Å². The number of carbonyl (C=O) groups excluding carboxylic acids is 1. The predicted molar refractivity (Wildman–Crippen MR) is 82.2 cm³/mol. The lowest BCUT2D eigenvalue weighted by atomic mass is 10.1. The predicted octanol–water partition coefficient (Wildman–Crippen LogP) is 2.92. The molecule has 1 amide bonds. The molecule has 0 saturated carbocycles. The molecule has 1 N–H and O–H groups in total. The van der Waals surface area contributed by atoms with Crippen LogP contribution >= 0.6 is 0 Å². The van der Waals surface area contributed by atoms with E-state index >= 15 is 0 Å². The molecule has 20 heavy (non-hydrogen) atoms. The van der Waals surface area contributed by atoms with Crippen molar-refractivity contribution >= 4 is 5.91 Å². The first-order valence-electron chi connectivity index (χ1n) is 7.28. The fraction of sp³-hybridized carbons (Fsp3) is 0.688. The van der Waals surface area contributed by atoms with Crippen LogP contribution in [-0.2, 0) is 0 Å². The van der Waals surface area contributed by atoms with E-state index in [9.17, 15) is 9.90 Å². The first-order chi connectivity index (χ1) is 9.08. The van der Waals surface area contributed by atoms with E-state index < -0.39 is 5.60 Å². The highest BCUT2D eigenvalue weighted by atomic mass is 16.3. The Hall–Kier alpha value is -1.29. The summed E-state index contributed by atoms with van der Waals surface area (Å²) in [6.07, 6.45) is 0. The lowest BCUT2D eigenvalue weighted by Gasteiger charge is -2.28. The SMILES string of the molecule is CCN(CC(C)(C)O)C(=O)c1cc(C)n(C(C)C)c1C. The van der Waals surface area contributed by atoms with E-state index in [1.165, 1.54) is 0 Å². The van der Waals surface area contributed by atoms with Crippen LogP contribution in [0.1, 0.15) is 62.4 Å². The maximum absolute atomic E-state index is 12.7. The largest absolute Gasteiger partial charge is 0.389 e. The zero-order valence-electron chi connectivity index (χ0n) is 13.8. The molecule has 0 spiro atoms. The zero-order chi connectivity index (χ0) is 15.7. The number of nitrogens with zero attached hydrogens (tertiary/aromatic N) is 2. The summed E-state index contributed by atoms with van der Waals surface area (Å²) in [5, 5.41) is 9.93. The summed E-state index contributed by atoms with van der Waals surface area (Å²) in [4.78, 5) is 14.4. The highest BCUT2D eigenvalue weighted by Crippen LogP contribution is 2.22. The number of carbonyl (C=O) groups is 1. The molecule has 0 atom stereocenters. The third-order valence-electron chi connectivity index (χ3n) is 3.48. The van der Waals surface area contributed by atoms with Crippen molar-refractivity contribution in [3.05, 3.63) is 23.0 Å². The molecule has 4 heteroatoms. The van der Waals surface area contributed by atoms with Gasteiger partial charge < -0.3 is 14.6 Å². The van der Waals surface area contributed by atoms with Gasteiger partial charge in [0.2, 0.25) is 0 Å². The summed E-state index contributed by atoms with van der Waals surface area (Å²) in [7, 11) is 0. The van der Waals surface area contributed by atoms with Crippen LogP contribution in [0.2, 0.25) is 0 Å². The van der Waals surface area contributed by atoms with E-state index in [-0.39, 0.29) is 5.91 Å². The molecule has 0 aliphatic heterocycles. The molecule has 1 rings (SSSR count).